The lowest BCUT2D eigenvalue weighted by atomic mass is 9.86. The van der Waals surface area contributed by atoms with E-state index in [1.807, 2.05) is 0 Å². The fourth-order valence-corrected chi connectivity index (χ4v) is 5.30. The second-order valence-electron chi connectivity index (χ2n) is 8.54. The summed E-state index contributed by atoms with van der Waals surface area (Å²) in [5.74, 6) is -1.86. The van der Waals surface area contributed by atoms with Gasteiger partial charge in [0.2, 0.25) is 0 Å². The number of hydrogen-bond acceptors (Lipinski definition) is 6. The highest BCUT2D eigenvalue weighted by molar-refractivity contribution is 7.93. The first-order valence-electron chi connectivity index (χ1n) is 11.1. The van der Waals surface area contributed by atoms with E-state index in [0.29, 0.717) is 11.1 Å². The molecule has 190 valence electrons. The number of fused-ring (bicyclic) bond motifs is 1. The Balaban J connectivity index is 1.39. The fourth-order valence-electron chi connectivity index (χ4n) is 4.07. The van der Waals surface area contributed by atoms with E-state index in [9.17, 15) is 31.5 Å². The summed E-state index contributed by atoms with van der Waals surface area (Å²) in [5, 5.41) is 10.5. The van der Waals surface area contributed by atoms with E-state index in [0.717, 1.165) is 0 Å². The van der Waals surface area contributed by atoms with Crippen molar-refractivity contribution in [2.75, 3.05) is 17.8 Å². The summed E-state index contributed by atoms with van der Waals surface area (Å²) in [6.45, 7) is 0.352. The van der Waals surface area contributed by atoms with Gasteiger partial charge < -0.3 is 10.0 Å². The molecule has 0 atom stereocenters. The van der Waals surface area contributed by atoms with E-state index in [1.165, 1.54) is 47.6 Å². The van der Waals surface area contributed by atoms with Gasteiger partial charge in [0, 0.05) is 43.2 Å². The minimum absolute atomic E-state index is 0.0290. The fraction of sp³-hybridized carbons (Fsp3) is 0.292. The third kappa shape index (κ3) is 5.65. The molecule has 0 radical (unpaired) electrons. The van der Waals surface area contributed by atoms with Crippen LogP contribution in [0.15, 0.2) is 71.7 Å². The monoisotopic (exact) mass is 520 g/mol. The third-order valence-electron chi connectivity index (χ3n) is 6.13. The molecule has 0 spiro atoms. The largest absolute Gasteiger partial charge is 0.390 e. The lowest BCUT2D eigenvalue weighted by molar-refractivity contribution is -0.0236. The second-order valence-corrected chi connectivity index (χ2v) is 10.2. The summed E-state index contributed by atoms with van der Waals surface area (Å²) in [7, 11) is -3.98. The molecule has 3 aromatic rings. The summed E-state index contributed by atoms with van der Waals surface area (Å²) < 4.78 is 65.9. The molecule has 2 heterocycles. The highest BCUT2D eigenvalue weighted by atomic mass is 32.2. The molecule has 4 rings (SSSR count). The van der Waals surface area contributed by atoms with Crippen molar-refractivity contribution in [2.45, 2.75) is 36.2 Å². The number of benzene rings is 2. The number of hydrogen-bond donors (Lipinski definition) is 2. The maximum Gasteiger partial charge on any atom is 0.301 e. The van der Waals surface area contributed by atoms with Gasteiger partial charge in [-0.15, -0.1) is 0 Å². The number of carbonyl (C=O) groups excluding carboxylic acids is 1. The molecule has 1 aromatic heterocycles. The summed E-state index contributed by atoms with van der Waals surface area (Å²) in [6, 6.07) is 10.5. The lowest BCUT2D eigenvalue weighted by Crippen LogP contribution is -2.46. The van der Waals surface area contributed by atoms with Crippen LogP contribution in [-0.4, -0.2) is 53.0 Å². The van der Waals surface area contributed by atoms with Gasteiger partial charge in [-0.3, -0.25) is 19.5 Å². The topological polar surface area (TPSA) is 112 Å². The van der Waals surface area contributed by atoms with Gasteiger partial charge >= 0.3 is 6.08 Å². The molecule has 8 nitrogen and oxygen atoms in total. The number of rotatable bonds is 7. The average molecular weight is 521 g/mol. The van der Waals surface area contributed by atoms with Crippen LogP contribution < -0.4 is 4.72 Å². The van der Waals surface area contributed by atoms with Crippen LogP contribution in [0.5, 0.6) is 0 Å². The molecule has 1 aliphatic heterocycles. The van der Waals surface area contributed by atoms with Gasteiger partial charge in [-0.2, -0.15) is 8.78 Å². The quantitative estimate of drug-likeness (QED) is 0.482. The van der Waals surface area contributed by atoms with E-state index in [-0.39, 0.29) is 54.4 Å². The first-order chi connectivity index (χ1) is 17.1. The first kappa shape index (κ1) is 25.6. The van der Waals surface area contributed by atoms with Crippen LogP contribution in [0.1, 0.15) is 36.0 Å². The van der Waals surface area contributed by atoms with E-state index in [1.54, 1.807) is 12.1 Å². The number of anilines is 1. The molecule has 0 aliphatic carbocycles. The number of sulfonamides is 1. The van der Waals surface area contributed by atoms with E-state index in [4.69, 9.17) is 0 Å². The van der Waals surface area contributed by atoms with Crippen LogP contribution in [-0.2, 0) is 10.0 Å². The normalized spacial score (nSPS) is 15.5. The average Bonchev–Trinajstić information content (AvgIpc) is 2.87. The number of piperidine rings is 1. The molecule has 1 amide bonds. The van der Waals surface area contributed by atoms with Crippen molar-refractivity contribution in [1.29, 1.82) is 0 Å². The lowest BCUT2D eigenvalue weighted by Gasteiger charge is -2.38. The Morgan fingerprint density at radius 3 is 2.36 bits per heavy atom. The molecular weight excluding hydrogens is 497 g/mol. The number of nitrogens with one attached hydrogen (secondary N) is 1. The third-order valence-corrected chi connectivity index (χ3v) is 7.54. The van der Waals surface area contributed by atoms with Gasteiger partial charge in [0.25, 0.3) is 15.9 Å². The molecule has 2 aromatic carbocycles. The van der Waals surface area contributed by atoms with Crippen molar-refractivity contribution < 1.29 is 31.5 Å². The van der Waals surface area contributed by atoms with Gasteiger partial charge in [-0.05, 0) is 55.7 Å². The van der Waals surface area contributed by atoms with Gasteiger partial charge in [-0.1, -0.05) is 6.07 Å². The molecule has 2 N–H and O–H groups in total. The molecule has 0 unspecified atom stereocenters. The molecule has 12 heteroatoms. The number of nitrogens with zero attached hydrogens (tertiary/aromatic N) is 3. The van der Waals surface area contributed by atoms with Crippen LogP contribution in [0.3, 0.4) is 0 Å². The molecule has 1 fully saturated rings. The minimum Gasteiger partial charge on any atom is -0.390 e. The number of likely N-dealkylation sites (tertiary alicyclic amines) is 1. The number of para-hydroxylation sites is 1. The van der Waals surface area contributed by atoms with E-state index in [2.05, 4.69) is 14.7 Å². The van der Waals surface area contributed by atoms with Crippen LogP contribution in [0.4, 0.5) is 18.9 Å². The van der Waals surface area contributed by atoms with Gasteiger partial charge in [-0.25, -0.2) is 12.8 Å². The molecule has 1 saturated heterocycles. The SMILES string of the molecule is O=C(c1ccc(NS(=O)(=O)c2cccc3nccnc23)cc1)N1CCC(O)(CCC(F)=C(F)F)CC1. The molecule has 0 bridgehead atoms. The Morgan fingerprint density at radius 2 is 1.69 bits per heavy atom. The second kappa shape index (κ2) is 10.2. The van der Waals surface area contributed by atoms with Crippen molar-refractivity contribution in [2.24, 2.45) is 0 Å². The summed E-state index contributed by atoms with van der Waals surface area (Å²) in [5.41, 5.74) is -0.0927. The zero-order valence-corrected chi connectivity index (χ0v) is 19.8. The maximum atomic E-state index is 13.1. The molecule has 1 aliphatic rings. The van der Waals surface area contributed by atoms with Crippen LogP contribution in [0.2, 0.25) is 0 Å². The number of carbonyl (C=O) groups is 1. The van der Waals surface area contributed by atoms with Crippen molar-refractivity contribution in [3.63, 3.8) is 0 Å². The Morgan fingerprint density at radius 1 is 1.03 bits per heavy atom. The summed E-state index contributed by atoms with van der Waals surface area (Å²) in [6.07, 6.45) is 0.0308. The number of amides is 1. The molecular formula is C24H23F3N4O4S. The van der Waals surface area contributed by atoms with Crippen molar-refractivity contribution in [3.8, 4) is 0 Å². The van der Waals surface area contributed by atoms with E-state index < -0.39 is 34.0 Å². The number of aliphatic hydroxyl groups is 1. The molecule has 0 saturated carbocycles. The number of allylic oxidation sites excluding steroid dienone is 1. The number of halogens is 3. The Labute approximate surface area is 205 Å². The first-order valence-corrected chi connectivity index (χ1v) is 12.6. The smallest absolute Gasteiger partial charge is 0.301 e. The predicted molar refractivity (Wildman–Crippen MR) is 126 cm³/mol. The standard InChI is InChI=1S/C24H23F3N4O4S/c25-18(22(26)27)8-9-24(33)10-14-31(15-11-24)23(32)16-4-6-17(7-5-16)30-36(34,35)20-3-1-2-19-21(20)29-13-12-28-19/h1-7,12-13,30,33H,8-11,14-15H2. The van der Waals surface area contributed by atoms with Crippen molar-refractivity contribution in [3.05, 3.63) is 72.3 Å². The maximum absolute atomic E-state index is 13.1. The van der Waals surface area contributed by atoms with E-state index >= 15 is 0 Å². The minimum atomic E-state index is -3.98. The Kier molecular flexibility index (Phi) is 7.27. The molecule has 36 heavy (non-hydrogen) atoms. The van der Waals surface area contributed by atoms with Gasteiger partial charge in [0.15, 0.2) is 5.83 Å². The highest BCUT2D eigenvalue weighted by Gasteiger charge is 2.34. The zero-order valence-electron chi connectivity index (χ0n) is 19.0. The van der Waals surface area contributed by atoms with Gasteiger partial charge in [0.1, 0.15) is 10.4 Å². The predicted octanol–water partition coefficient (Wildman–Crippen LogP) is 4.26. The van der Waals surface area contributed by atoms with Crippen molar-refractivity contribution >= 4 is 32.7 Å². The van der Waals surface area contributed by atoms with Gasteiger partial charge in [0.05, 0.1) is 11.1 Å². The summed E-state index contributed by atoms with van der Waals surface area (Å²) >= 11 is 0. The van der Waals surface area contributed by atoms with Crippen LogP contribution in [0, 0.1) is 0 Å². The highest BCUT2D eigenvalue weighted by Crippen LogP contribution is 2.30. The van der Waals surface area contributed by atoms with Crippen LogP contribution >= 0.6 is 0 Å². The zero-order chi connectivity index (χ0) is 25.9. The Bertz CT molecular complexity index is 1400. The number of aromatic nitrogens is 2. The van der Waals surface area contributed by atoms with Crippen LogP contribution in [0.25, 0.3) is 11.0 Å². The summed E-state index contributed by atoms with van der Waals surface area (Å²) in [4.78, 5) is 22.6. The van der Waals surface area contributed by atoms with Crippen molar-refractivity contribution in [1.82, 2.24) is 14.9 Å². The Hall–Kier alpha value is -3.51.